The summed E-state index contributed by atoms with van der Waals surface area (Å²) >= 11 is 0. The summed E-state index contributed by atoms with van der Waals surface area (Å²) in [7, 11) is 1.67. The number of anilines is 2. The predicted molar refractivity (Wildman–Crippen MR) is 73.6 cm³/mol. The van der Waals surface area contributed by atoms with Gasteiger partial charge < -0.3 is 14.6 Å². The summed E-state index contributed by atoms with van der Waals surface area (Å²) in [6.07, 6.45) is 2.05. The van der Waals surface area contributed by atoms with Crippen LogP contribution in [0.4, 0.5) is 11.6 Å². The van der Waals surface area contributed by atoms with Gasteiger partial charge in [-0.2, -0.15) is 0 Å². The molecule has 0 spiro atoms. The van der Waals surface area contributed by atoms with Crippen molar-refractivity contribution in [2.45, 2.75) is 26.8 Å². The van der Waals surface area contributed by atoms with E-state index in [0.29, 0.717) is 6.04 Å². The number of benzene rings is 1. The minimum Gasteiger partial charge on any atom is -0.497 e. The minimum atomic E-state index is 0.374. The fourth-order valence-corrected chi connectivity index (χ4v) is 1.83. The van der Waals surface area contributed by atoms with E-state index in [1.54, 1.807) is 7.11 Å². The van der Waals surface area contributed by atoms with E-state index in [1.807, 2.05) is 37.4 Å². The summed E-state index contributed by atoms with van der Waals surface area (Å²) in [6.45, 7) is 6.27. The first kappa shape index (κ1) is 12.5. The van der Waals surface area contributed by atoms with Crippen LogP contribution < -0.4 is 10.1 Å². The standard InChI is InChI=1S/C14H19N3O/c1-10(2)17-9-11(3)15-14(17)16-12-6-5-7-13(8-12)18-4/h5-10H,1-4H3,(H,15,16). The van der Waals surface area contributed by atoms with Crippen molar-refractivity contribution in [3.63, 3.8) is 0 Å². The molecule has 0 bridgehead atoms. The highest BCUT2D eigenvalue weighted by atomic mass is 16.5. The zero-order valence-electron chi connectivity index (χ0n) is 11.3. The second-order valence-corrected chi connectivity index (χ2v) is 4.56. The van der Waals surface area contributed by atoms with E-state index in [4.69, 9.17) is 4.74 Å². The molecule has 96 valence electrons. The molecule has 2 rings (SSSR count). The first-order valence-corrected chi connectivity index (χ1v) is 6.06. The Kier molecular flexibility index (Phi) is 3.55. The molecule has 2 aromatic rings. The first-order chi connectivity index (χ1) is 8.60. The fraction of sp³-hybridized carbons (Fsp3) is 0.357. The molecule has 1 heterocycles. The number of nitrogens with one attached hydrogen (secondary N) is 1. The summed E-state index contributed by atoms with van der Waals surface area (Å²) in [6, 6.07) is 8.20. The molecule has 0 aliphatic rings. The molecule has 0 aliphatic heterocycles. The van der Waals surface area contributed by atoms with Crippen molar-refractivity contribution in [3.05, 3.63) is 36.2 Å². The van der Waals surface area contributed by atoms with Crippen molar-refractivity contribution in [2.24, 2.45) is 0 Å². The summed E-state index contributed by atoms with van der Waals surface area (Å²) in [4.78, 5) is 4.49. The van der Waals surface area contributed by atoms with Gasteiger partial charge in [-0.3, -0.25) is 0 Å². The van der Waals surface area contributed by atoms with Crippen LogP contribution in [0.15, 0.2) is 30.5 Å². The number of nitrogens with zero attached hydrogens (tertiary/aromatic N) is 2. The van der Waals surface area contributed by atoms with Crippen LogP contribution in [0.1, 0.15) is 25.6 Å². The van der Waals surface area contributed by atoms with Crippen LogP contribution in [0.2, 0.25) is 0 Å². The number of ether oxygens (including phenoxy) is 1. The SMILES string of the molecule is COc1cccc(Nc2nc(C)cn2C(C)C)c1. The largest absolute Gasteiger partial charge is 0.497 e. The van der Waals surface area contributed by atoms with E-state index < -0.39 is 0 Å². The molecule has 1 N–H and O–H groups in total. The van der Waals surface area contributed by atoms with Crippen LogP contribution >= 0.6 is 0 Å². The molecule has 4 heteroatoms. The Hall–Kier alpha value is -1.97. The summed E-state index contributed by atoms with van der Waals surface area (Å²) in [5.74, 6) is 1.69. The van der Waals surface area contributed by atoms with Crippen LogP contribution in [0.5, 0.6) is 5.75 Å². The number of aryl methyl sites for hydroxylation is 1. The van der Waals surface area contributed by atoms with E-state index in [-0.39, 0.29) is 0 Å². The van der Waals surface area contributed by atoms with Gasteiger partial charge in [-0.15, -0.1) is 0 Å². The van der Waals surface area contributed by atoms with Crippen LogP contribution in [-0.2, 0) is 0 Å². The fourth-order valence-electron chi connectivity index (χ4n) is 1.83. The zero-order valence-corrected chi connectivity index (χ0v) is 11.3. The lowest BCUT2D eigenvalue weighted by Gasteiger charge is -2.13. The Morgan fingerprint density at radius 2 is 2.11 bits per heavy atom. The van der Waals surface area contributed by atoms with E-state index in [0.717, 1.165) is 23.1 Å². The molecule has 0 saturated carbocycles. The van der Waals surface area contributed by atoms with E-state index >= 15 is 0 Å². The Bertz CT molecular complexity index is 532. The molecule has 1 aromatic carbocycles. The Morgan fingerprint density at radius 1 is 1.33 bits per heavy atom. The van der Waals surface area contributed by atoms with E-state index in [9.17, 15) is 0 Å². The average molecular weight is 245 g/mol. The van der Waals surface area contributed by atoms with Gasteiger partial charge in [0, 0.05) is 24.0 Å². The number of imidazole rings is 1. The number of aromatic nitrogens is 2. The van der Waals surface area contributed by atoms with Gasteiger partial charge in [0.15, 0.2) is 0 Å². The number of hydrogen-bond donors (Lipinski definition) is 1. The van der Waals surface area contributed by atoms with Gasteiger partial charge in [-0.1, -0.05) is 6.07 Å². The van der Waals surface area contributed by atoms with Gasteiger partial charge in [0.1, 0.15) is 5.75 Å². The van der Waals surface area contributed by atoms with Crippen molar-refractivity contribution >= 4 is 11.6 Å². The third-order valence-electron chi connectivity index (χ3n) is 2.73. The van der Waals surface area contributed by atoms with E-state index in [2.05, 4.69) is 28.7 Å². The normalized spacial score (nSPS) is 10.7. The Balaban J connectivity index is 2.27. The highest BCUT2D eigenvalue weighted by Crippen LogP contribution is 2.23. The molecule has 0 atom stereocenters. The van der Waals surface area contributed by atoms with Gasteiger partial charge in [-0.25, -0.2) is 4.98 Å². The van der Waals surface area contributed by atoms with Crippen molar-refractivity contribution in [1.29, 1.82) is 0 Å². The van der Waals surface area contributed by atoms with Gasteiger partial charge in [0.2, 0.25) is 5.95 Å². The summed E-state index contributed by atoms with van der Waals surface area (Å²) in [5, 5.41) is 3.32. The monoisotopic (exact) mass is 245 g/mol. The summed E-state index contributed by atoms with van der Waals surface area (Å²) in [5.41, 5.74) is 1.98. The van der Waals surface area contributed by atoms with Crippen molar-refractivity contribution in [2.75, 3.05) is 12.4 Å². The molecular weight excluding hydrogens is 226 g/mol. The second-order valence-electron chi connectivity index (χ2n) is 4.56. The molecule has 4 nitrogen and oxygen atoms in total. The lowest BCUT2D eigenvalue weighted by molar-refractivity contribution is 0.415. The van der Waals surface area contributed by atoms with Crippen LogP contribution in [0.3, 0.4) is 0 Å². The van der Waals surface area contributed by atoms with Gasteiger partial charge in [-0.05, 0) is 32.9 Å². The lowest BCUT2D eigenvalue weighted by atomic mass is 10.3. The predicted octanol–water partition coefficient (Wildman–Crippen LogP) is 3.52. The van der Waals surface area contributed by atoms with Crippen LogP contribution in [0.25, 0.3) is 0 Å². The van der Waals surface area contributed by atoms with Crippen LogP contribution in [0, 0.1) is 6.92 Å². The average Bonchev–Trinajstić information content (AvgIpc) is 2.70. The molecule has 0 fully saturated rings. The topological polar surface area (TPSA) is 39.1 Å². The van der Waals surface area contributed by atoms with E-state index in [1.165, 1.54) is 0 Å². The maximum atomic E-state index is 5.21. The highest BCUT2D eigenvalue weighted by molar-refractivity contribution is 5.56. The highest BCUT2D eigenvalue weighted by Gasteiger charge is 2.08. The van der Waals surface area contributed by atoms with Crippen LogP contribution in [-0.4, -0.2) is 16.7 Å². The maximum absolute atomic E-state index is 5.21. The second kappa shape index (κ2) is 5.12. The van der Waals surface area contributed by atoms with Crippen molar-refractivity contribution < 1.29 is 4.74 Å². The molecule has 0 radical (unpaired) electrons. The van der Waals surface area contributed by atoms with Gasteiger partial charge in [0.25, 0.3) is 0 Å². The maximum Gasteiger partial charge on any atom is 0.207 e. The molecular formula is C14H19N3O. The smallest absolute Gasteiger partial charge is 0.207 e. The zero-order chi connectivity index (χ0) is 13.1. The Morgan fingerprint density at radius 3 is 2.78 bits per heavy atom. The molecule has 18 heavy (non-hydrogen) atoms. The van der Waals surface area contributed by atoms with Crippen molar-refractivity contribution in [1.82, 2.24) is 9.55 Å². The number of rotatable bonds is 4. The lowest BCUT2D eigenvalue weighted by Crippen LogP contribution is -2.05. The number of methoxy groups -OCH3 is 1. The minimum absolute atomic E-state index is 0.374. The van der Waals surface area contributed by atoms with Crippen molar-refractivity contribution in [3.8, 4) is 5.75 Å². The van der Waals surface area contributed by atoms with Gasteiger partial charge in [0.05, 0.1) is 12.8 Å². The molecule has 0 amide bonds. The summed E-state index contributed by atoms with van der Waals surface area (Å²) < 4.78 is 7.33. The number of hydrogen-bond acceptors (Lipinski definition) is 3. The quantitative estimate of drug-likeness (QED) is 0.895. The Labute approximate surface area is 108 Å². The molecule has 0 aliphatic carbocycles. The first-order valence-electron chi connectivity index (χ1n) is 6.06. The third kappa shape index (κ3) is 2.64. The third-order valence-corrected chi connectivity index (χ3v) is 2.73. The molecule has 1 aromatic heterocycles. The van der Waals surface area contributed by atoms with Gasteiger partial charge >= 0.3 is 0 Å². The molecule has 0 saturated heterocycles. The molecule has 0 unspecified atom stereocenters.